The van der Waals surface area contributed by atoms with Crippen LogP contribution in [0.1, 0.15) is 46.5 Å². The Bertz CT molecular complexity index is 139. The zero-order chi connectivity index (χ0) is 10.4. The Morgan fingerprint density at radius 3 is 2.43 bits per heavy atom. The van der Waals surface area contributed by atoms with Gasteiger partial charge in [0.05, 0.1) is 6.61 Å². The summed E-state index contributed by atoms with van der Waals surface area (Å²) >= 11 is 0. The van der Waals surface area contributed by atoms with Crippen LogP contribution < -0.4 is 5.48 Å². The fraction of sp³-hybridized carbons (Fsp3) is 1.00. The molecule has 1 rings (SSSR count). The number of nitrogens with one attached hydrogen (secondary N) is 1. The predicted octanol–water partition coefficient (Wildman–Crippen LogP) is 2.99. The molecule has 0 aromatic heterocycles. The summed E-state index contributed by atoms with van der Waals surface area (Å²) in [5.74, 6) is 2.41. The highest BCUT2D eigenvalue weighted by Gasteiger charge is 2.17. The fourth-order valence-corrected chi connectivity index (χ4v) is 1.94. The SMILES string of the molecule is CC(C)CONCC1CCC(C)CC1. The van der Waals surface area contributed by atoms with Crippen LogP contribution >= 0.6 is 0 Å². The Balaban J connectivity index is 1.96. The van der Waals surface area contributed by atoms with Gasteiger partial charge in [-0.1, -0.05) is 33.6 Å². The van der Waals surface area contributed by atoms with Crippen molar-refractivity contribution in [3.05, 3.63) is 0 Å². The summed E-state index contributed by atoms with van der Waals surface area (Å²) in [4.78, 5) is 5.37. The lowest BCUT2D eigenvalue weighted by atomic mass is 9.83. The van der Waals surface area contributed by atoms with E-state index in [4.69, 9.17) is 4.84 Å². The molecule has 1 aliphatic carbocycles. The Kier molecular flexibility index (Phi) is 5.49. The monoisotopic (exact) mass is 199 g/mol. The van der Waals surface area contributed by atoms with Crippen molar-refractivity contribution < 1.29 is 4.84 Å². The van der Waals surface area contributed by atoms with Crippen LogP contribution in [0.3, 0.4) is 0 Å². The van der Waals surface area contributed by atoms with E-state index >= 15 is 0 Å². The molecule has 84 valence electrons. The van der Waals surface area contributed by atoms with Gasteiger partial charge in [0.15, 0.2) is 0 Å². The lowest BCUT2D eigenvalue weighted by Crippen LogP contribution is -2.27. The molecule has 0 aromatic rings. The van der Waals surface area contributed by atoms with E-state index in [1.807, 2.05) is 0 Å². The van der Waals surface area contributed by atoms with Gasteiger partial charge in [-0.15, -0.1) is 0 Å². The van der Waals surface area contributed by atoms with Crippen molar-refractivity contribution in [2.45, 2.75) is 46.5 Å². The van der Waals surface area contributed by atoms with Crippen LogP contribution in [-0.4, -0.2) is 13.2 Å². The van der Waals surface area contributed by atoms with Crippen molar-refractivity contribution in [1.29, 1.82) is 0 Å². The maximum absolute atomic E-state index is 5.37. The van der Waals surface area contributed by atoms with Crippen LogP contribution in [0.15, 0.2) is 0 Å². The van der Waals surface area contributed by atoms with Gasteiger partial charge in [0.1, 0.15) is 0 Å². The quantitative estimate of drug-likeness (QED) is 0.543. The Morgan fingerprint density at radius 2 is 1.86 bits per heavy atom. The highest BCUT2D eigenvalue weighted by Crippen LogP contribution is 2.27. The molecule has 0 spiro atoms. The van der Waals surface area contributed by atoms with Crippen LogP contribution in [-0.2, 0) is 4.84 Å². The summed E-state index contributed by atoms with van der Waals surface area (Å²) in [6.45, 7) is 8.56. The average Bonchev–Trinajstić information content (AvgIpc) is 2.15. The number of hydrogen-bond donors (Lipinski definition) is 1. The standard InChI is InChI=1S/C12H25NO/c1-10(2)9-14-13-8-12-6-4-11(3)5-7-12/h10-13H,4-9H2,1-3H3. The second-order valence-electron chi connectivity index (χ2n) is 5.18. The Hall–Kier alpha value is -0.0800. The molecule has 2 nitrogen and oxygen atoms in total. The van der Waals surface area contributed by atoms with E-state index in [1.165, 1.54) is 25.7 Å². The zero-order valence-corrected chi connectivity index (χ0v) is 9.88. The lowest BCUT2D eigenvalue weighted by Gasteiger charge is -2.26. The lowest BCUT2D eigenvalue weighted by molar-refractivity contribution is 0.0120. The van der Waals surface area contributed by atoms with E-state index in [2.05, 4.69) is 26.3 Å². The second kappa shape index (κ2) is 6.41. The third kappa shape index (κ3) is 4.97. The molecule has 1 aliphatic rings. The van der Waals surface area contributed by atoms with Crippen LogP contribution in [0, 0.1) is 17.8 Å². The highest BCUT2D eigenvalue weighted by atomic mass is 16.6. The van der Waals surface area contributed by atoms with Gasteiger partial charge in [-0.25, -0.2) is 5.48 Å². The van der Waals surface area contributed by atoms with Crippen molar-refractivity contribution in [3.8, 4) is 0 Å². The first-order valence-corrected chi connectivity index (χ1v) is 6.03. The van der Waals surface area contributed by atoms with E-state index in [9.17, 15) is 0 Å². The van der Waals surface area contributed by atoms with E-state index in [0.717, 1.165) is 25.0 Å². The van der Waals surface area contributed by atoms with Crippen molar-refractivity contribution in [3.63, 3.8) is 0 Å². The maximum atomic E-state index is 5.37. The Morgan fingerprint density at radius 1 is 1.21 bits per heavy atom. The fourth-order valence-electron chi connectivity index (χ4n) is 1.94. The minimum absolute atomic E-state index is 0.619. The van der Waals surface area contributed by atoms with Gasteiger partial charge >= 0.3 is 0 Å². The van der Waals surface area contributed by atoms with Crippen molar-refractivity contribution in [2.75, 3.05) is 13.2 Å². The molecular formula is C12H25NO. The van der Waals surface area contributed by atoms with Crippen LogP contribution in [0.5, 0.6) is 0 Å². The van der Waals surface area contributed by atoms with E-state index < -0.39 is 0 Å². The van der Waals surface area contributed by atoms with Crippen LogP contribution in [0.4, 0.5) is 0 Å². The second-order valence-corrected chi connectivity index (χ2v) is 5.18. The Labute approximate surface area is 88.4 Å². The van der Waals surface area contributed by atoms with Gasteiger partial charge in [0.25, 0.3) is 0 Å². The van der Waals surface area contributed by atoms with Gasteiger partial charge in [0.2, 0.25) is 0 Å². The normalized spacial score (nSPS) is 28.3. The largest absolute Gasteiger partial charge is 0.302 e. The minimum Gasteiger partial charge on any atom is -0.302 e. The average molecular weight is 199 g/mol. The molecule has 0 atom stereocenters. The summed E-state index contributed by atoms with van der Waals surface area (Å²) in [5, 5.41) is 0. The molecule has 2 heteroatoms. The predicted molar refractivity (Wildman–Crippen MR) is 59.9 cm³/mol. The molecule has 0 radical (unpaired) electrons. The summed E-state index contributed by atoms with van der Waals surface area (Å²) in [6, 6.07) is 0. The molecule has 1 N–H and O–H groups in total. The summed E-state index contributed by atoms with van der Waals surface area (Å²) < 4.78 is 0. The third-order valence-electron chi connectivity index (χ3n) is 3.03. The molecule has 0 unspecified atom stereocenters. The molecule has 14 heavy (non-hydrogen) atoms. The number of rotatable bonds is 5. The molecular weight excluding hydrogens is 174 g/mol. The topological polar surface area (TPSA) is 21.3 Å². The summed E-state index contributed by atoms with van der Waals surface area (Å²) in [7, 11) is 0. The first-order chi connectivity index (χ1) is 6.68. The summed E-state index contributed by atoms with van der Waals surface area (Å²) in [5.41, 5.74) is 3.10. The van der Waals surface area contributed by atoms with E-state index in [0.29, 0.717) is 5.92 Å². The van der Waals surface area contributed by atoms with E-state index in [-0.39, 0.29) is 0 Å². The van der Waals surface area contributed by atoms with E-state index in [1.54, 1.807) is 0 Å². The minimum atomic E-state index is 0.619. The smallest absolute Gasteiger partial charge is 0.0705 e. The summed E-state index contributed by atoms with van der Waals surface area (Å²) in [6.07, 6.45) is 5.55. The van der Waals surface area contributed by atoms with Gasteiger partial charge in [-0.3, -0.25) is 0 Å². The van der Waals surface area contributed by atoms with Gasteiger partial charge in [-0.2, -0.15) is 0 Å². The maximum Gasteiger partial charge on any atom is 0.0705 e. The highest BCUT2D eigenvalue weighted by molar-refractivity contribution is 4.70. The van der Waals surface area contributed by atoms with Crippen molar-refractivity contribution in [2.24, 2.45) is 17.8 Å². The molecule has 0 saturated heterocycles. The molecule has 0 bridgehead atoms. The zero-order valence-electron chi connectivity index (χ0n) is 9.88. The molecule has 0 amide bonds. The van der Waals surface area contributed by atoms with Crippen molar-refractivity contribution >= 4 is 0 Å². The molecule has 1 fully saturated rings. The molecule has 1 saturated carbocycles. The van der Waals surface area contributed by atoms with Gasteiger partial charge in [-0.05, 0) is 30.6 Å². The van der Waals surface area contributed by atoms with Crippen molar-refractivity contribution in [1.82, 2.24) is 5.48 Å². The van der Waals surface area contributed by atoms with Gasteiger partial charge in [0, 0.05) is 6.54 Å². The van der Waals surface area contributed by atoms with Crippen LogP contribution in [0.2, 0.25) is 0 Å². The first-order valence-electron chi connectivity index (χ1n) is 6.03. The van der Waals surface area contributed by atoms with Gasteiger partial charge < -0.3 is 4.84 Å². The number of hydrogen-bond acceptors (Lipinski definition) is 2. The third-order valence-corrected chi connectivity index (χ3v) is 3.03. The molecule has 0 heterocycles. The van der Waals surface area contributed by atoms with Crippen LogP contribution in [0.25, 0.3) is 0 Å². The number of hydroxylamine groups is 1. The first kappa shape index (κ1) is 12.0. The molecule has 0 aromatic carbocycles. The molecule has 0 aliphatic heterocycles.